The molecule has 0 bridgehead atoms. The molecular formula is C13H13N3O. The first kappa shape index (κ1) is 9.96. The minimum atomic E-state index is 0.333. The zero-order valence-corrected chi connectivity index (χ0v) is 9.74. The first-order chi connectivity index (χ1) is 8.15. The number of nitrogens with zero attached hydrogens (tertiary/aromatic N) is 1. The summed E-state index contributed by atoms with van der Waals surface area (Å²) in [7, 11) is 0. The lowest BCUT2D eigenvalue weighted by molar-refractivity contribution is 0.439. The van der Waals surface area contributed by atoms with Gasteiger partial charge in [0.15, 0.2) is 0 Å². The number of hydrogen-bond acceptors (Lipinski definition) is 3. The zero-order chi connectivity index (χ0) is 12.0. The fourth-order valence-corrected chi connectivity index (χ4v) is 2.28. The van der Waals surface area contributed by atoms with E-state index in [4.69, 9.17) is 10.3 Å². The van der Waals surface area contributed by atoms with Crippen molar-refractivity contribution < 1.29 is 4.52 Å². The summed E-state index contributed by atoms with van der Waals surface area (Å²) in [5.41, 5.74) is 10.9. The van der Waals surface area contributed by atoms with Crippen LogP contribution in [0, 0.1) is 13.8 Å². The lowest BCUT2D eigenvalue weighted by Gasteiger charge is -2.01. The summed E-state index contributed by atoms with van der Waals surface area (Å²) < 4.78 is 4.91. The standard InChI is InChI=1S/C13H13N3O/c1-7-3-8(2)13-9(6-15-11(13)4-7)10-5-12(14)17-16-10/h3-6,15H,14H2,1-2H3. The van der Waals surface area contributed by atoms with Crippen molar-refractivity contribution in [3.05, 3.63) is 35.5 Å². The molecule has 2 heterocycles. The second-order valence-electron chi connectivity index (χ2n) is 4.32. The third-order valence-corrected chi connectivity index (χ3v) is 2.93. The summed E-state index contributed by atoms with van der Waals surface area (Å²) in [4.78, 5) is 3.26. The number of aromatic nitrogens is 2. The number of aryl methyl sites for hydroxylation is 2. The molecule has 1 aromatic carbocycles. The Kier molecular flexibility index (Phi) is 1.98. The number of hydrogen-bond donors (Lipinski definition) is 2. The summed E-state index contributed by atoms with van der Waals surface area (Å²) >= 11 is 0. The number of rotatable bonds is 1. The van der Waals surface area contributed by atoms with Crippen LogP contribution < -0.4 is 5.73 Å². The Labute approximate surface area is 98.4 Å². The topological polar surface area (TPSA) is 67.8 Å². The van der Waals surface area contributed by atoms with Crippen molar-refractivity contribution in [1.82, 2.24) is 10.1 Å². The largest absolute Gasteiger partial charge is 0.368 e. The van der Waals surface area contributed by atoms with Crippen LogP contribution >= 0.6 is 0 Å². The van der Waals surface area contributed by atoms with E-state index in [1.54, 1.807) is 6.07 Å². The Balaban J connectivity index is 2.31. The summed E-state index contributed by atoms with van der Waals surface area (Å²) in [6.45, 7) is 4.18. The van der Waals surface area contributed by atoms with Crippen LogP contribution in [0.25, 0.3) is 22.2 Å². The monoisotopic (exact) mass is 227 g/mol. The molecule has 3 rings (SSSR count). The molecule has 2 aromatic heterocycles. The molecule has 0 amide bonds. The average molecular weight is 227 g/mol. The number of anilines is 1. The fraction of sp³-hybridized carbons (Fsp3) is 0.154. The summed E-state index contributed by atoms with van der Waals surface area (Å²) in [5, 5.41) is 5.12. The maximum Gasteiger partial charge on any atom is 0.222 e. The first-order valence-corrected chi connectivity index (χ1v) is 5.46. The van der Waals surface area contributed by atoms with Crippen LogP contribution in [0.4, 0.5) is 5.88 Å². The molecule has 86 valence electrons. The molecule has 0 aliphatic heterocycles. The molecule has 0 aliphatic rings. The van der Waals surface area contributed by atoms with Gasteiger partial charge in [-0.2, -0.15) is 0 Å². The Morgan fingerprint density at radius 1 is 1.24 bits per heavy atom. The smallest absolute Gasteiger partial charge is 0.222 e. The summed E-state index contributed by atoms with van der Waals surface area (Å²) in [6, 6.07) is 6.01. The molecule has 0 saturated carbocycles. The Hall–Kier alpha value is -2.23. The molecule has 0 unspecified atom stereocenters. The highest BCUT2D eigenvalue weighted by atomic mass is 16.5. The van der Waals surface area contributed by atoms with Gasteiger partial charge in [-0.15, -0.1) is 0 Å². The highest BCUT2D eigenvalue weighted by Gasteiger charge is 2.12. The quantitative estimate of drug-likeness (QED) is 0.671. The highest BCUT2D eigenvalue weighted by Crippen LogP contribution is 2.31. The number of aromatic amines is 1. The first-order valence-electron chi connectivity index (χ1n) is 5.46. The van der Waals surface area contributed by atoms with E-state index >= 15 is 0 Å². The third kappa shape index (κ3) is 1.49. The number of nitrogen functional groups attached to an aromatic ring is 1. The van der Waals surface area contributed by atoms with Gasteiger partial charge in [0, 0.05) is 28.7 Å². The normalized spacial score (nSPS) is 11.2. The molecule has 0 aliphatic carbocycles. The number of fused-ring (bicyclic) bond motifs is 1. The molecule has 0 atom stereocenters. The molecule has 3 aromatic rings. The fourth-order valence-electron chi connectivity index (χ4n) is 2.28. The Bertz CT molecular complexity index is 694. The van der Waals surface area contributed by atoms with Crippen molar-refractivity contribution in [3.63, 3.8) is 0 Å². The number of H-pyrrole nitrogens is 1. The molecule has 0 saturated heterocycles. The van der Waals surface area contributed by atoms with Crippen LogP contribution in [-0.4, -0.2) is 10.1 Å². The molecule has 4 heteroatoms. The highest BCUT2D eigenvalue weighted by molar-refractivity contribution is 5.97. The minimum absolute atomic E-state index is 0.333. The predicted octanol–water partition coefficient (Wildman–Crippen LogP) is 3.02. The van der Waals surface area contributed by atoms with Gasteiger partial charge in [-0.05, 0) is 31.0 Å². The van der Waals surface area contributed by atoms with Gasteiger partial charge in [-0.1, -0.05) is 11.2 Å². The number of benzene rings is 1. The van der Waals surface area contributed by atoms with E-state index < -0.39 is 0 Å². The molecule has 17 heavy (non-hydrogen) atoms. The summed E-state index contributed by atoms with van der Waals surface area (Å²) in [5.74, 6) is 0.333. The third-order valence-electron chi connectivity index (χ3n) is 2.93. The van der Waals surface area contributed by atoms with Gasteiger partial charge < -0.3 is 15.2 Å². The Morgan fingerprint density at radius 2 is 2.06 bits per heavy atom. The second-order valence-corrected chi connectivity index (χ2v) is 4.32. The van der Waals surface area contributed by atoms with E-state index in [2.05, 4.69) is 36.1 Å². The van der Waals surface area contributed by atoms with Crippen LogP contribution in [0.3, 0.4) is 0 Å². The van der Waals surface area contributed by atoms with E-state index in [1.165, 1.54) is 16.5 Å². The maximum atomic E-state index is 5.55. The number of nitrogens with one attached hydrogen (secondary N) is 1. The van der Waals surface area contributed by atoms with Crippen molar-refractivity contribution in [3.8, 4) is 11.3 Å². The maximum absolute atomic E-state index is 5.55. The second kappa shape index (κ2) is 3.38. The van der Waals surface area contributed by atoms with Crippen LogP contribution in [0.1, 0.15) is 11.1 Å². The SMILES string of the molecule is Cc1cc(C)c2c(-c3cc(N)on3)c[nH]c2c1. The van der Waals surface area contributed by atoms with Crippen LogP contribution in [0.2, 0.25) is 0 Å². The van der Waals surface area contributed by atoms with Crippen LogP contribution in [0.15, 0.2) is 28.9 Å². The molecule has 3 N–H and O–H groups in total. The summed E-state index contributed by atoms with van der Waals surface area (Å²) in [6.07, 6.45) is 1.94. The lowest BCUT2D eigenvalue weighted by Crippen LogP contribution is -1.81. The van der Waals surface area contributed by atoms with E-state index in [9.17, 15) is 0 Å². The zero-order valence-electron chi connectivity index (χ0n) is 9.74. The van der Waals surface area contributed by atoms with Crippen molar-refractivity contribution in [2.45, 2.75) is 13.8 Å². The van der Waals surface area contributed by atoms with Gasteiger partial charge in [0.2, 0.25) is 5.88 Å². The number of nitrogens with two attached hydrogens (primary N) is 1. The predicted molar refractivity (Wildman–Crippen MR) is 67.7 cm³/mol. The minimum Gasteiger partial charge on any atom is -0.368 e. The molecule has 0 spiro atoms. The molecule has 0 radical (unpaired) electrons. The van der Waals surface area contributed by atoms with Gasteiger partial charge in [0.05, 0.1) is 0 Å². The van der Waals surface area contributed by atoms with E-state index in [1.807, 2.05) is 6.20 Å². The van der Waals surface area contributed by atoms with Gasteiger partial charge in [-0.25, -0.2) is 0 Å². The average Bonchev–Trinajstić information content (AvgIpc) is 2.83. The van der Waals surface area contributed by atoms with Gasteiger partial charge in [-0.3, -0.25) is 0 Å². The van der Waals surface area contributed by atoms with Gasteiger partial charge >= 0.3 is 0 Å². The Morgan fingerprint density at radius 3 is 2.76 bits per heavy atom. The molecule has 0 fully saturated rings. The van der Waals surface area contributed by atoms with Crippen molar-refractivity contribution in [1.29, 1.82) is 0 Å². The lowest BCUT2D eigenvalue weighted by atomic mass is 10.0. The molecular weight excluding hydrogens is 214 g/mol. The van der Waals surface area contributed by atoms with E-state index in [-0.39, 0.29) is 0 Å². The van der Waals surface area contributed by atoms with Crippen molar-refractivity contribution in [2.24, 2.45) is 0 Å². The van der Waals surface area contributed by atoms with Gasteiger partial charge in [0.25, 0.3) is 0 Å². The van der Waals surface area contributed by atoms with Crippen LogP contribution in [-0.2, 0) is 0 Å². The van der Waals surface area contributed by atoms with Gasteiger partial charge in [0.1, 0.15) is 5.69 Å². The van der Waals surface area contributed by atoms with Crippen LogP contribution in [0.5, 0.6) is 0 Å². The van der Waals surface area contributed by atoms with E-state index in [0.29, 0.717) is 5.88 Å². The molecule has 4 nitrogen and oxygen atoms in total. The van der Waals surface area contributed by atoms with Crippen molar-refractivity contribution >= 4 is 16.8 Å². The van der Waals surface area contributed by atoms with E-state index in [0.717, 1.165) is 16.8 Å². The van der Waals surface area contributed by atoms with Crippen molar-refractivity contribution in [2.75, 3.05) is 5.73 Å².